The fourth-order valence-electron chi connectivity index (χ4n) is 2.46. The molecule has 2 heterocycles. The summed E-state index contributed by atoms with van der Waals surface area (Å²) in [5, 5.41) is 0. The summed E-state index contributed by atoms with van der Waals surface area (Å²) in [6.45, 7) is 2.35. The van der Waals surface area contributed by atoms with Crippen LogP contribution >= 0.6 is 0 Å². The van der Waals surface area contributed by atoms with E-state index in [0.29, 0.717) is 25.3 Å². The number of aromatic nitrogens is 1. The van der Waals surface area contributed by atoms with Gasteiger partial charge in [0.1, 0.15) is 11.5 Å². The van der Waals surface area contributed by atoms with Crippen LogP contribution in [0.1, 0.15) is 23.8 Å². The minimum atomic E-state index is 0.0310. The number of carbonyl (C=O) groups excluding carboxylic acids is 1. The molecule has 3 rings (SSSR count). The monoisotopic (exact) mass is 324 g/mol. The topological polar surface area (TPSA) is 59.5 Å². The molecule has 0 atom stereocenters. The van der Waals surface area contributed by atoms with Gasteiger partial charge in [-0.25, -0.2) is 4.98 Å². The van der Waals surface area contributed by atoms with E-state index in [-0.39, 0.29) is 5.91 Å². The summed E-state index contributed by atoms with van der Waals surface area (Å²) in [4.78, 5) is 18.1. The Morgan fingerprint density at radius 3 is 2.62 bits per heavy atom. The van der Waals surface area contributed by atoms with Gasteiger partial charge in [0.25, 0.3) is 0 Å². The quantitative estimate of drug-likeness (QED) is 0.691. The first kappa shape index (κ1) is 16.1. The summed E-state index contributed by atoms with van der Waals surface area (Å²) < 4.78 is 11.2. The summed E-state index contributed by atoms with van der Waals surface area (Å²) in [5.74, 6) is 2.95. The molecule has 0 aliphatic heterocycles. The number of aryl methyl sites for hydroxylation is 2. The molecule has 1 amide bonds. The Bertz CT molecular complexity index is 805. The Kier molecular flexibility index (Phi) is 4.79. The molecule has 24 heavy (non-hydrogen) atoms. The third-order valence-electron chi connectivity index (χ3n) is 3.78. The minimum absolute atomic E-state index is 0.0310. The summed E-state index contributed by atoms with van der Waals surface area (Å²) in [5.41, 5.74) is 0.980. The van der Waals surface area contributed by atoms with Gasteiger partial charge in [-0.1, -0.05) is 30.3 Å². The maximum atomic E-state index is 12.2. The summed E-state index contributed by atoms with van der Waals surface area (Å²) in [7, 11) is 1.77. The number of hydrogen-bond donors (Lipinski definition) is 0. The molecule has 0 saturated heterocycles. The average molecular weight is 324 g/mol. The molecule has 0 aliphatic rings. The van der Waals surface area contributed by atoms with Gasteiger partial charge in [0.15, 0.2) is 11.7 Å². The van der Waals surface area contributed by atoms with Crippen LogP contribution in [0.2, 0.25) is 0 Å². The van der Waals surface area contributed by atoms with Gasteiger partial charge < -0.3 is 13.7 Å². The van der Waals surface area contributed by atoms with E-state index in [0.717, 1.165) is 22.8 Å². The Morgan fingerprint density at radius 1 is 1.12 bits per heavy atom. The highest BCUT2D eigenvalue weighted by molar-refractivity contribution is 5.76. The number of carbonyl (C=O) groups is 1. The zero-order chi connectivity index (χ0) is 16.9. The van der Waals surface area contributed by atoms with E-state index in [9.17, 15) is 4.79 Å². The molecule has 5 nitrogen and oxygen atoms in total. The van der Waals surface area contributed by atoms with E-state index in [1.165, 1.54) is 0 Å². The van der Waals surface area contributed by atoms with Crippen molar-refractivity contribution in [3.63, 3.8) is 0 Å². The highest BCUT2D eigenvalue weighted by Crippen LogP contribution is 2.20. The molecule has 3 aromatic rings. The minimum Gasteiger partial charge on any atom is -0.464 e. The van der Waals surface area contributed by atoms with Crippen LogP contribution in [0.15, 0.2) is 57.5 Å². The third-order valence-corrected chi connectivity index (χ3v) is 3.78. The smallest absolute Gasteiger partial charge is 0.223 e. The normalized spacial score (nSPS) is 10.8. The maximum Gasteiger partial charge on any atom is 0.223 e. The molecule has 0 saturated carbocycles. The van der Waals surface area contributed by atoms with Crippen LogP contribution in [0.3, 0.4) is 0 Å². The molecule has 0 N–H and O–H groups in total. The van der Waals surface area contributed by atoms with E-state index in [2.05, 4.69) is 4.98 Å². The number of furan rings is 1. The van der Waals surface area contributed by atoms with E-state index < -0.39 is 0 Å². The van der Waals surface area contributed by atoms with Gasteiger partial charge in [-0.15, -0.1) is 0 Å². The zero-order valence-corrected chi connectivity index (χ0v) is 13.9. The van der Waals surface area contributed by atoms with Crippen LogP contribution in [0.25, 0.3) is 11.3 Å². The second-order valence-corrected chi connectivity index (χ2v) is 5.75. The van der Waals surface area contributed by atoms with Crippen molar-refractivity contribution in [2.75, 3.05) is 7.05 Å². The van der Waals surface area contributed by atoms with Crippen LogP contribution in [0.5, 0.6) is 0 Å². The van der Waals surface area contributed by atoms with E-state index in [1.807, 2.05) is 49.4 Å². The number of benzene rings is 1. The van der Waals surface area contributed by atoms with Crippen LogP contribution in [0, 0.1) is 6.92 Å². The van der Waals surface area contributed by atoms with Crippen molar-refractivity contribution >= 4 is 5.91 Å². The molecule has 0 unspecified atom stereocenters. The van der Waals surface area contributed by atoms with Crippen molar-refractivity contribution in [1.82, 2.24) is 9.88 Å². The highest BCUT2D eigenvalue weighted by atomic mass is 16.4. The lowest BCUT2D eigenvalue weighted by atomic mass is 10.2. The fraction of sp³-hybridized carbons (Fsp3) is 0.263. The lowest BCUT2D eigenvalue weighted by Gasteiger charge is -2.15. The van der Waals surface area contributed by atoms with Gasteiger partial charge in [0.2, 0.25) is 5.91 Å². The standard InChI is InChI=1S/C19H20N2O3/c1-14-8-9-16(23-14)13-21(2)19(22)11-10-18-20-12-17(24-18)15-6-4-3-5-7-15/h3-9,12H,10-11,13H2,1-2H3. The molecule has 5 heteroatoms. The molecule has 1 aromatic carbocycles. The largest absolute Gasteiger partial charge is 0.464 e. The summed E-state index contributed by atoms with van der Waals surface area (Å²) >= 11 is 0. The summed E-state index contributed by atoms with van der Waals surface area (Å²) in [6.07, 6.45) is 2.53. The van der Waals surface area contributed by atoms with Gasteiger partial charge in [-0.2, -0.15) is 0 Å². The zero-order valence-electron chi connectivity index (χ0n) is 13.9. The first-order valence-electron chi connectivity index (χ1n) is 7.91. The van der Waals surface area contributed by atoms with Crippen molar-refractivity contribution in [2.45, 2.75) is 26.3 Å². The second kappa shape index (κ2) is 7.17. The average Bonchev–Trinajstić information content (AvgIpc) is 3.22. The maximum absolute atomic E-state index is 12.2. The second-order valence-electron chi connectivity index (χ2n) is 5.75. The van der Waals surface area contributed by atoms with E-state index in [1.54, 1.807) is 18.1 Å². The molecule has 0 fully saturated rings. The van der Waals surface area contributed by atoms with E-state index in [4.69, 9.17) is 8.83 Å². The van der Waals surface area contributed by atoms with Crippen LogP contribution in [-0.4, -0.2) is 22.8 Å². The van der Waals surface area contributed by atoms with Crippen molar-refractivity contribution < 1.29 is 13.6 Å². The molecule has 2 aromatic heterocycles. The first-order valence-corrected chi connectivity index (χ1v) is 7.91. The lowest BCUT2D eigenvalue weighted by Crippen LogP contribution is -2.26. The highest BCUT2D eigenvalue weighted by Gasteiger charge is 2.13. The van der Waals surface area contributed by atoms with Crippen molar-refractivity contribution in [2.24, 2.45) is 0 Å². The Balaban J connectivity index is 1.53. The van der Waals surface area contributed by atoms with Gasteiger partial charge in [0.05, 0.1) is 12.7 Å². The Labute approximate surface area is 140 Å². The van der Waals surface area contributed by atoms with Crippen molar-refractivity contribution in [3.05, 3.63) is 66.1 Å². The fourth-order valence-corrected chi connectivity index (χ4v) is 2.46. The SMILES string of the molecule is Cc1ccc(CN(C)C(=O)CCc2ncc(-c3ccccc3)o2)o1. The molecule has 0 bridgehead atoms. The third kappa shape index (κ3) is 3.93. The molecule has 0 aliphatic carbocycles. The van der Waals surface area contributed by atoms with Crippen molar-refractivity contribution in [3.8, 4) is 11.3 Å². The predicted octanol–water partition coefficient (Wildman–Crippen LogP) is 3.83. The lowest BCUT2D eigenvalue weighted by molar-refractivity contribution is -0.130. The molecule has 124 valence electrons. The van der Waals surface area contributed by atoms with Crippen LogP contribution in [-0.2, 0) is 17.8 Å². The molecular formula is C19H20N2O3. The molecular weight excluding hydrogens is 304 g/mol. The number of amides is 1. The Hall–Kier alpha value is -2.82. The van der Waals surface area contributed by atoms with Gasteiger partial charge in [-0.05, 0) is 19.1 Å². The van der Waals surface area contributed by atoms with Crippen LogP contribution in [0.4, 0.5) is 0 Å². The number of hydrogen-bond acceptors (Lipinski definition) is 4. The van der Waals surface area contributed by atoms with Gasteiger partial charge in [0, 0.05) is 25.5 Å². The predicted molar refractivity (Wildman–Crippen MR) is 90.2 cm³/mol. The van der Waals surface area contributed by atoms with Crippen molar-refractivity contribution in [1.29, 1.82) is 0 Å². The van der Waals surface area contributed by atoms with Gasteiger partial charge >= 0.3 is 0 Å². The molecule has 0 radical (unpaired) electrons. The van der Waals surface area contributed by atoms with E-state index >= 15 is 0 Å². The number of nitrogens with zero attached hydrogens (tertiary/aromatic N) is 2. The summed E-state index contributed by atoms with van der Waals surface area (Å²) in [6, 6.07) is 13.6. The molecule has 0 spiro atoms. The number of oxazole rings is 1. The van der Waals surface area contributed by atoms with Gasteiger partial charge in [-0.3, -0.25) is 4.79 Å². The van der Waals surface area contributed by atoms with Crippen LogP contribution < -0.4 is 0 Å². The Morgan fingerprint density at radius 2 is 1.92 bits per heavy atom. The number of rotatable bonds is 6. The first-order chi connectivity index (χ1) is 11.6.